The van der Waals surface area contributed by atoms with Gasteiger partial charge in [0.1, 0.15) is 5.76 Å². The molecular weight excluding hydrogens is 355 g/mol. The van der Waals surface area contributed by atoms with Gasteiger partial charge in [0.05, 0.1) is 6.10 Å². The molecule has 156 valence electrons. The third kappa shape index (κ3) is 5.68. The third-order valence-electron chi connectivity index (χ3n) is 6.49. The van der Waals surface area contributed by atoms with Gasteiger partial charge in [-0.15, -0.1) is 0 Å². The molecule has 0 spiro atoms. The Labute approximate surface area is 168 Å². The van der Waals surface area contributed by atoms with Gasteiger partial charge in [-0.1, -0.05) is 54.0 Å². The minimum atomic E-state index is -0.556. The Bertz CT molecular complexity index is 583. The standard InChI is InChI=1S/C21H35O3P.C2H6/c1-12-8-9-16(24-25-23)11-17(14(12)3)19-15(4)13(2)10-18(20(19)22)21(5,6)7;1-2/h9,11,13,15,18-20,22-23,25H,8,10H2,1-7H3;1-2H3/t13?,15-,18?,19?,20?;/m1./s1. The molecule has 0 aromatic rings. The van der Waals surface area contributed by atoms with Gasteiger partial charge in [-0.25, -0.2) is 0 Å². The lowest BCUT2D eigenvalue weighted by molar-refractivity contribution is -0.0590. The van der Waals surface area contributed by atoms with Crippen LogP contribution in [0, 0.1) is 29.1 Å². The first-order valence-corrected chi connectivity index (χ1v) is 11.3. The van der Waals surface area contributed by atoms with Crippen molar-refractivity contribution in [3.05, 3.63) is 34.6 Å². The molecule has 0 amide bonds. The highest BCUT2D eigenvalue weighted by Crippen LogP contribution is 2.49. The molecule has 0 heterocycles. The second-order valence-corrected chi connectivity index (χ2v) is 9.46. The number of rotatable bonds is 3. The molecule has 4 heteroatoms. The average Bonchev–Trinajstić information content (AvgIpc) is 2.74. The van der Waals surface area contributed by atoms with Crippen LogP contribution < -0.4 is 0 Å². The highest BCUT2D eigenvalue weighted by molar-refractivity contribution is 7.25. The third-order valence-corrected chi connectivity index (χ3v) is 6.81. The molecule has 2 aliphatic rings. The molecule has 0 saturated heterocycles. The fraction of sp³-hybridized carbons (Fsp3) is 0.739. The highest BCUT2D eigenvalue weighted by atomic mass is 31.1. The van der Waals surface area contributed by atoms with E-state index in [0.29, 0.717) is 11.8 Å². The van der Waals surface area contributed by atoms with Gasteiger partial charge in [0.2, 0.25) is 9.03 Å². The smallest absolute Gasteiger partial charge is 0.212 e. The predicted octanol–water partition coefficient (Wildman–Crippen LogP) is 6.40. The summed E-state index contributed by atoms with van der Waals surface area (Å²) in [4.78, 5) is 9.21. The van der Waals surface area contributed by atoms with Crippen LogP contribution in [0.1, 0.15) is 75.2 Å². The van der Waals surface area contributed by atoms with Crippen molar-refractivity contribution in [3.8, 4) is 0 Å². The molecule has 27 heavy (non-hydrogen) atoms. The first-order chi connectivity index (χ1) is 12.6. The second kappa shape index (κ2) is 10.2. The van der Waals surface area contributed by atoms with Crippen molar-refractivity contribution >= 4 is 9.03 Å². The quantitative estimate of drug-likeness (QED) is 0.543. The molecule has 0 aromatic carbocycles. The van der Waals surface area contributed by atoms with Gasteiger partial charge >= 0.3 is 0 Å². The second-order valence-electron chi connectivity index (χ2n) is 9.07. The Morgan fingerprint density at radius 3 is 2.26 bits per heavy atom. The van der Waals surface area contributed by atoms with Crippen molar-refractivity contribution in [2.45, 2.75) is 81.3 Å². The maximum atomic E-state index is 11.3. The van der Waals surface area contributed by atoms with Crippen LogP contribution in [0.3, 0.4) is 0 Å². The minimum Gasteiger partial charge on any atom is -0.450 e. The molecule has 6 atom stereocenters. The zero-order valence-electron chi connectivity index (χ0n) is 18.8. The summed E-state index contributed by atoms with van der Waals surface area (Å²) >= 11 is 0. The first-order valence-electron chi connectivity index (χ1n) is 10.4. The van der Waals surface area contributed by atoms with E-state index in [0.717, 1.165) is 18.6 Å². The number of hydrogen-bond donors (Lipinski definition) is 2. The number of aliphatic hydroxyl groups excluding tert-OH is 1. The molecule has 0 radical (unpaired) electrons. The van der Waals surface area contributed by atoms with E-state index in [1.165, 1.54) is 16.7 Å². The minimum absolute atomic E-state index is 0.0751. The van der Waals surface area contributed by atoms with E-state index < -0.39 is 9.03 Å². The lowest BCUT2D eigenvalue weighted by Crippen LogP contribution is -2.47. The molecular formula is C23H41O3P. The first kappa shape index (κ1) is 24.4. The Kier molecular flexibility index (Phi) is 9.25. The van der Waals surface area contributed by atoms with E-state index in [1.807, 2.05) is 19.9 Å². The van der Waals surface area contributed by atoms with Gasteiger partial charge in [0.25, 0.3) is 0 Å². The summed E-state index contributed by atoms with van der Waals surface area (Å²) in [7, 11) is -0.556. The lowest BCUT2D eigenvalue weighted by Gasteiger charge is -2.49. The van der Waals surface area contributed by atoms with Crippen LogP contribution in [-0.4, -0.2) is 16.1 Å². The van der Waals surface area contributed by atoms with E-state index in [4.69, 9.17) is 4.52 Å². The zero-order chi connectivity index (χ0) is 20.9. The van der Waals surface area contributed by atoms with Crippen LogP contribution in [0.2, 0.25) is 0 Å². The zero-order valence-corrected chi connectivity index (χ0v) is 19.8. The molecule has 5 unspecified atom stereocenters. The lowest BCUT2D eigenvalue weighted by atomic mass is 9.58. The summed E-state index contributed by atoms with van der Waals surface area (Å²) in [5, 5.41) is 11.3. The van der Waals surface area contributed by atoms with Crippen molar-refractivity contribution in [3.63, 3.8) is 0 Å². The summed E-state index contributed by atoms with van der Waals surface area (Å²) in [5.74, 6) is 2.04. The van der Waals surface area contributed by atoms with Crippen molar-refractivity contribution in [1.29, 1.82) is 0 Å². The Balaban J connectivity index is 0.00000176. The number of allylic oxidation sites excluding steroid dienone is 4. The predicted molar refractivity (Wildman–Crippen MR) is 118 cm³/mol. The van der Waals surface area contributed by atoms with Crippen LogP contribution in [0.25, 0.3) is 0 Å². The van der Waals surface area contributed by atoms with Crippen LogP contribution in [-0.2, 0) is 4.52 Å². The van der Waals surface area contributed by atoms with E-state index >= 15 is 0 Å². The monoisotopic (exact) mass is 396 g/mol. The van der Waals surface area contributed by atoms with Crippen molar-refractivity contribution in [2.24, 2.45) is 29.1 Å². The van der Waals surface area contributed by atoms with Crippen molar-refractivity contribution < 1.29 is 14.5 Å². The fourth-order valence-electron chi connectivity index (χ4n) is 4.45. The van der Waals surface area contributed by atoms with Gasteiger partial charge in [0, 0.05) is 5.92 Å². The number of hydrogen-bond acceptors (Lipinski definition) is 3. The van der Waals surface area contributed by atoms with Crippen LogP contribution >= 0.6 is 9.03 Å². The summed E-state index contributed by atoms with van der Waals surface area (Å²) in [5.41, 5.74) is 3.82. The maximum absolute atomic E-state index is 11.3. The Morgan fingerprint density at radius 1 is 1.15 bits per heavy atom. The van der Waals surface area contributed by atoms with Crippen molar-refractivity contribution in [1.82, 2.24) is 0 Å². The molecule has 1 fully saturated rings. The van der Waals surface area contributed by atoms with Gasteiger partial charge < -0.3 is 14.5 Å². The Hall–Kier alpha value is -0.630. The van der Waals surface area contributed by atoms with Gasteiger partial charge in [-0.3, -0.25) is 0 Å². The Morgan fingerprint density at radius 2 is 1.74 bits per heavy atom. The average molecular weight is 397 g/mol. The summed E-state index contributed by atoms with van der Waals surface area (Å²) in [6, 6.07) is 0. The molecule has 2 aliphatic carbocycles. The van der Waals surface area contributed by atoms with Crippen molar-refractivity contribution in [2.75, 3.05) is 0 Å². The van der Waals surface area contributed by atoms with Crippen LogP contribution in [0.4, 0.5) is 0 Å². The van der Waals surface area contributed by atoms with Crippen LogP contribution in [0.15, 0.2) is 34.6 Å². The normalized spacial score (nSPS) is 32.5. The van der Waals surface area contributed by atoms with E-state index in [9.17, 15) is 10.00 Å². The summed E-state index contributed by atoms with van der Waals surface area (Å²) in [6.07, 6.45) is 5.60. The SMILES string of the molecule is CC.CC1=C(C)C(C2C(O)C(C(C)(C)C)CC(C)[C@H]2C)=CC(OPO)=CC1. The summed E-state index contributed by atoms with van der Waals surface area (Å²) < 4.78 is 5.43. The fourth-order valence-corrected chi connectivity index (χ4v) is 4.69. The van der Waals surface area contributed by atoms with E-state index in [1.54, 1.807) is 0 Å². The molecule has 0 bridgehead atoms. The van der Waals surface area contributed by atoms with Gasteiger partial charge in [-0.2, -0.15) is 0 Å². The molecule has 3 nitrogen and oxygen atoms in total. The van der Waals surface area contributed by atoms with Gasteiger partial charge in [-0.05, 0) is 73.2 Å². The summed E-state index contributed by atoms with van der Waals surface area (Å²) in [6.45, 7) is 19.6. The van der Waals surface area contributed by atoms with Crippen LogP contribution in [0.5, 0.6) is 0 Å². The molecule has 0 aliphatic heterocycles. The van der Waals surface area contributed by atoms with E-state index in [-0.39, 0.29) is 23.4 Å². The highest BCUT2D eigenvalue weighted by Gasteiger charge is 2.46. The largest absolute Gasteiger partial charge is 0.450 e. The number of aliphatic hydroxyl groups is 1. The molecule has 0 aromatic heterocycles. The topological polar surface area (TPSA) is 49.7 Å². The molecule has 1 saturated carbocycles. The molecule has 2 rings (SSSR count). The maximum Gasteiger partial charge on any atom is 0.212 e. The molecule has 2 N–H and O–H groups in total. The van der Waals surface area contributed by atoms with E-state index in [2.05, 4.69) is 54.5 Å². The van der Waals surface area contributed by atoms with Gasteiger partial charge in [0.15, 0.2) is 0 Å².